The predicted octanol–water partition coefficient (Wildman–Crippen LogP) is 4.69. The molecule has 0 aliphatic rings. The number of rotatable bonds is 11. The van der Waals surface area contributed by atoms with Crippen LogP contribution in [0.2, 0.25) is 0 Å². The fourth-order valence-electron chi connectivity index (χ4n) is 4.66. The molecule has 0 aliphatic heterocycles. The summed E-state index contributed by atoms with van der Waals surface area (Å²) in [5.41, 5.74) is 4.74. The summed E-state index contributed by atoms with van der Waals surface area (Å²) in [6.07, 6.45) is -0.0538. The van der Waals surface area contributed by atoms with Gasteiger partial charge in [-0.25, -0.2) is 8.42 Å². The number of aliphatic carboxylic acids is 1. The Morgan fingerprint density at radius 3 is 2.42 bits per heavy atom. The van der Waals surface area contributed by atoms with E-state index in [1.165, 1.54) is 24.3 Å². The molecule has 1 atom stereocenters. The van der Waals surface area contributed by atoms with Crippen LogP contribution in [0.3, 0.4) is 0 Å². The smallest absolute Gasteiger partial charge is 0.322 e. The molecular weight excluding hydrogens is 528 g/mol. The topological polar surface area (TPSA) is 107 Å². The molecule has 4 aromatic rings. The molecule has 0 bridgehead atoms. The Balaban J connectivity index is 1.66. The van der Waals surface area contributed by atoms with Crippen molar-refractivity contribution in [3.63, 3.8) is 0 Å². The summed E-state index contributed by atoms with van der Waals surface area (Å²) in [5, 5.41) is 10.9. The molecule has 40 heavy (non-hydrogen) atoms. The van der Waals surface area contributed by atoms with E-state index in [9.17, 15) is 18.3 Å². The van der Waals surface area contributed by atoms with Gasteiger partial charge in [0.25, 0.3) is 0 Å². The molecule has 1 unspecified atom stereocenters. The zero-order valence-electron chi connectivity index (χ0n) is 22.9. The van der Waals surface area contributed by atoms with E-state index in [4.69, 9.17) is 9.47 Å². The van der Waals surface area contributed by atoms with Crippen molar-refractivity contribution in [1.29, 1.82) is 0 Å². The fourth-order valence-corrected chi connectivity index (χ4v) is 5.85. The molecule has 0 spiro atoms. The zero-order chi connectivity index (χ0) is 28.9. The van der Waals surface area contributed by atoms with Gasteiger partial charge < -0.3 is 19.1 Å². The van der Waals surface area contributed by atoms with Crippen LogP contribution in [0, 0.1) is 25.7 Å². The quantitative estimate of drug-likeness (QED) is 0.258. The van der Waals surface area contributed by atoms with E-state index in [0.29, 0.717) is 18.0 Å². The number of hydrogen-bond donors (Lipinski definition) is 2. The number of carbonyl (C=O) groups is 1. The summed E-state index contributed by atoms with van der Waals surface area (Å²) in [7, 11) is -2.57. The predicted molar refractivity (Wildman–Crippen MR) is 154 cm³/mol. The van der Waals surface area contributed by atoms with Crippen LogP contribution in [0.1, 0.15) is 29.3 Å². The highest BCUT2D eigenvalue weighted by atomic mass is 32.2. The van der Waals surface area contributed by atoms with E-state index in [1.807, 2.05) is 50.2 Å². The number of carboxylic acid groups (broad SMARTS) is 1. The van der Waals surface area contributed by atoms with Gasteiger partial charge in [0.15, 0.2) is 0 Å². The van der Waals surface area contributed by atoms with E-state index in [0.717, 1.165) is 33.3 Å². The molecule has 3 aromatic carbocycles. The molecule has 9 heteroatoms. The molecule has 0 aliphatic carbocycles. The first-order valence-corrected chi connectivity index (χ1v) is 14.2. The second-order valence-electron chi connectivity index (χ2n) is 9.43. The summed E-state index contributed by atoms with van der Waals surface area (Å²) >= 11 is 0. The van der Waals surface area contributed by atoms with Crippen molar-refractivity contribution in [3.8, 4) is 23.3 Å². The summed E-state index contributed by atoms with van der Waals surface area (Å²) in [6.45, 7) is 6.42. The highest BCUT2D eigenvalue weighted by molar-refractivity contribution is 7.89. The number of hydrogen-bond acceptors (Lipinski definition) is 5. The van der Waals surface area contributed by atoms with Crippen molar-refractivity contribution >= 4 is 26.9 Å². The van der Waals surface area contributed by atoms with Crippen LogP contribution in [0.5, 0.6) is 11.5 Å². The highest BCUT2D eigenvalue weighted by Gasteiger charge is 2.28. The van der Waals surface area contributed by atoms with Crippen molar-refractivity contribution in [1.82, 2.24) is 9.29 Å². The highest BCUT2D eigenvalue weighted by Crippen LogP contribution is 2.31. The lowest BCUT2D eigenvalue weighted by Gasteiger charge is -2.16. The van der Waals surface area contributed by atoms with Crippen LogP contribution >= 0.6 is 0 Å². The van der Waals surface area contributed by atoms with Crippen molar-refractivity contribution in [2.45, 2.75) is 44.7 Å². The number of ether oxygens (including phenoxy) is 2. The maximum atomic E-state index is 13.2. The number of benzene rings is 3. The maximum Gasteiger partial charge on any atom is 0.322 e. The van der Waals surface area contributed by atoms with Gasteiger partial charge in [-0.2, -0.15) is 4.72 Å². The van der Waals surface area contributed by atoms with Gasteiger partial charge in [-0.15, -0.1) is 5.92 Å². The van der Waals surface area contributed by atoms with E-state index in [1.54, 1.807) is 14.0 Å². The van der Waals surface area contributed by atoms with E-state index in [2.05, 4.69) is 27.2 Å². The minimum absolute atomic E-state index is 0.0538. The first-order valence-electron chi connectivity index (χ1n) is 12.7. The molecule has 2 N–H and O–H groups in total. The molecule has 8 nitrogen and oxygen atoms in total. The number of methoxy groups -OCH3 is 1. The van der Waals surface area contributed by atoms with Crippen LogP contribution in [-0.4, -0.2) is 43.8 Å². The second-order valence-corrected chi connectivity index (χ2v) is 11.1. The van der Waals surface area contributed by atoms with Gasteiger partial charge in [0.1, 0.15) is 24.1 Å². The Bertz CT molecular complexity index is 1700. The van der Waals surface area contributed by atoms with Crippen LogP contribution in [0.15, 0.2) is 71.6 Å². The Hall–Kier alpha value is -4.26. The summed E-state index contributed by atoms with van der Waals surface area (Å²) in [5.74, 6) is 5.30. The van der Waals surface area contributed by atoms with Crippen LogP contribution in [0.25, 0.3) is 10.9 Å². The molecule has 1 heterocycles. The molecule has 4 rings (SSSR count). The number of sulfonamides is 1. The van der Waals surface area contributed by atoms with Gasteiger partial charge in [-0.3, -0.25) is 4.79 Å². The van der Waals surface area contributed by atoms with Gasteiger partial charge in [-0.05, 0) is 74.4 Å². The van der Waals surface area contributed by atoms with Gasteiger partial charge in [0, 0.05) is 29.6 Å². The van der Waals surface area contributed by atoms with Crippen LogP contribution < -0.4 is 14.2 Å². The number of carboxylic acids is 1. The summed E-state index contributed by atoms with van der Waals surface area (Å²) in [6, 6.07) is 18.2. The molecular formula is C31H32N2O6S. The minimum atomic E-state index is -4.14. The number of fused-ring (bicyclic) bond motifs is 1. The fraction of sp³-hybridized carbons (Fsp3) is 0.258. The van der Waals surface area contributed by atoms with Crippen LogP contribution in [0.4, 0.5) is 0 Å². The van der Waals surface area contributed by atoms with E-state index in [-0.39, 0.29) is 17.9 Å². The molecule has 0 fully saturated rings. The number of nitrogens with one attached hydrogen (secondary N) is 1. The Labute approximate surface area is 234 Å². The van der Waals surface area contributed by atoms with Crippen molar-refractivity contribution in [3.05, 3.63) is 89.1 Å². The Morgan fingerprint density at radius 2 is 1.77 bits per heavy atom. The first-order chi connectivity index (χ1) is 19.1. The van der Waals surface area contributed by atoms with Gasteiger partial charge in [-0.1, -0.05) is 35.7 Å². The molecule has 0 saturated heterocycles. The molecule has 0 amide bonds. The first kappa shape index (κ1) is 28.7. The summed E-state index contributed by atoms with van der Waals surface area (Å²) in [4.78, 5) is 12.3. The maximum absolute atomic E-state index is 13.2. The number of nitrogens with zero attached hydrogens (tertiary/aromatic N) is 1. The third-order valence-electron chi connectivity index (χ3n) is 6.71. The molecule has 1 aromatic heterocycles. The monoisotopic (exact) mass is 560 g/mol. The average molecular weight is 561 g/mol. The van der Waals surface area contributed by atoms with E-state index >= 15 is 0 Å². The zero-order valence-corrected chi connectivity index (χ0v) is 23.7. The number of aromatic nitrogens is 1. The average Bonchev–Trinajstić information content (AvgIpc) is 3.18. The van der Waals surface area contributed by atoms with E-state index < -0.39 is 22.0 Å². The van der Waals surface area contributed by atoms with Crippen molar-refractivity contribution in [2.75, 3.05) is 13.7 Å². The second kappa shape index (κ2) is 12.3. The lowest BCUT2D eigenvalue weighted by Crippen LogP contribution is -2.42. The lowest BCUT2D eigenvalue weighted by molar-refractivity contribution is -0.138. The molecule has 0 saturated carbocycles. The largest absolute Gasteiger partial charge is 0.497 e. The third kappa shape index (κ3) is 6.47. The SMILES string of the molecule is CC#CCOc1ccc(S(=O)(=O)NC(Cc2c(C)n(Cc3cccc(C)c3)c3ccc(OC)cc23)C(=O)O)cc1. The van der Waals surface area contributed by atoms with Crippen LogP contribution in [-0.2, 0) is 27.8 Å². The van der Waals surface area contributed by atoms with Gasteiger partial charge in [0.2, 0.25) is 10.0 Å². The van der Waals surface area contributed by atoms with Crippen molar-refractivity contribution in [2.24, 2.45) is 0 Å². The Kier molecular flexibility index (Phi) is 8.83. The number of aryl methyl sites for hydroxylation is 1. The Morgan fingerprint density at radius 1 is 1.05 bits per heavy atom. The molecule has 208 valence electrons. The molecule has 0 radical (unpaired) electrons. The lowest BCUT2D eigenvalue weighted by atomic mass is 10.0. The summed E-state index contributed by atoms with van der Waals surface area (Å²) < 4.78 is 41.7. The third-order valence-corrected chi connectivity index (χ3v) is 8.20. The van der Waals surface area contributed by atoms with Crippen molar-refractivity contribution < 1.29 is 27.8 Å². The normalized spacial score (nSPS) is 12.0. The minimum Gasteiger partial charge on any atom is -0.497 e. The van der Waals surface area contributed by atoms with Gasteiger partial charge >= 0.3 is 5.97 Å². The standard InChI is InChI=1S/C31H32N2O6S/c1-5-6-16-39-24-10-13-26(14-11-24)40(36,37)32-29(31(34)35)19-27-22(3)33(20-23-9-7-8-21(2)17-23)30-15-12-25(38-4)18-28(27)30/h7-15,17-18,29,32H,16,19-20H2,1-4H3,(H,34,35). The van der Waals surface area contributed by atoms with Gasteiger partial charge in [0.05, 0.1) is 12.0 Å².